The van der Waals surface area contributed by atoms with E-state index in [2.05, 4.69) is 0 Å². The van der Waals surface area contributed by atoms with Gasteiger partial charge in [-0.15, -0.1) is 0 Å². The Morgan fingerprint density at radius 1 is 1.50 bits per heavy atom. The Hall–Kier alpha value is -1.71. The largest absolute Gasteiger partial charge is 0.497 e. The van der Waals surface area contributed by atoms with Gasteiger partial charge in [-0.25, -0.2) is 0 Å². The highest BCUT2D eigenvalue weighted by molar-refractivity contribution is 5.93. The van der Waals surface area contributed by atoms with Crippen molar-refractivity contribution in [2.75, 3.05) is 25.2 Å². The van der Waals surface area contributed by atoms with Gasteiger partial charge in [-0.3, -0.25) is 4.79 Å². The van der Waals surface area contributed by atoms with Crippen LogP contribution in [-0.4, -0.2) is 26.2 Å². The summed E-state index contributed by atoms with van der Waals surface area (Å²) in [4.78, 5) is 13.2. The standard InChI is InChI=1S/C12H15NO3/c1-9(14)13-6-3-7-16-12-8-10(15-2)4-5-11(12)13/h4-5,8H,3,6-7H2,1-2H3. The van der Waals surface area contributed by atoms with Gasteiger partial charge in [-0.1, -0.05) is 0 Å². The van der Waals surface area contributed by atoms with Crippen molar-refractivity contribution in [3.63, 3.8) is 0 Å². The van der Waals surface area contributed by atoms with Crippen LogP contribution < -0.4 is 14.4 Å². The van der Waals surface area contributed by atoms with Crippen molar-refractivity contribution in [3.8, 4) is 11.5 Å². The van der Waals surface area contributed by atoms with Gasteiger partial charge in [0.25, 0.3) is 0 Å². The first-order valence-corrected chi connectivity index (χ1v) is 5.31. The molecule has 0 saturated carbocycles. The summed E-state index contributed by atoms with van der Waals surface area (Å²) in [6.45, 7) is 2.90. The molecule has 0 spiro atoms. The maximum absolute atomic E-state index is 11.5. The fourth-order valence-electron chi connectivity index (χ4n) is 1.81. The second-order valence-corrected chi connectivity index (χ2v) is 3.71. The molecule has 0 bridgehead atoms. The number of benzene rings is 1. The highest BCUT2D eigenvalue weighted by atomic mass is 16.5. The van der Waals surface area contributed by atoms with Crippen LogP contribution in [0.4, 0.5) is 5.69 Å². The molecule has 1 aromatic carbocycles. The minimum absolute atomic E-state index is 0.0388. The van der Waals surface area contributed by atoms with E-state index >= 15 is 0 Å². The first-order chi connectivity index (χ1) is 7.72. The van der Waals surface area contributed by atoms with Crippen molar-refractivity contribution in [1.82, 2.24) is 0 Å². The quantitative estimate of drug-likeness (QED) is 0.726. The number of fused-ring (bicyclic) bond motifs is 1. The number of hydrogen-bond donors (Lipinski definition) is 0. The molecule has 16 heavy (non-hydrogen) atoms. The molecule has 0 aromatic heterocycles. The van der Waals surface area contributed by atoms with E-state index in [1.165, 1.54) is 0 Å². The number of methoxy groups -OCH3 is 1. The third-order valence-electron chi connectivity index (χ3n) is 2.62. The molecule has 1 amide bonds. The summed E-state index contributed by atoms with van der Waals surface area (Å²) in [6.07, 6.45) is 0.844. The monoisotopic (exact) mass is 221 g/mol. The molecule has 4 heteroatoms. The van der Waals surface area contributed by atoms with Crippen molar-refractivity contribution in [3.05, 3.63) is 18.2 Å². The van der Waals surface area contributed by atoms with E-state index in [0.717, 1.165) is 17.9 Å². The number of carbonyl (C=O) groups excluding carboxylic acids is 1. The summed E-state index contributed by atoms with van der Waals surface area (Å²) < 4.78 is 10.7. The molecule has 1 aliphatic heterocycles. The Bertz CT molecular complexity index is 403. The van der Waals surface area contributed by atoms with Gasteiger partial charge >= 0.3 is 0 Å². The van der Waals surface area contributed by atoms with Crippen LogP contribution >= 0.6 is 0 Å². The fraction of sp³-hybridized carbons (Fsp3) is 0.417. The zero-order valence-electron chi connectivity index (χ0n) is 9.53. The summed E-state index contributed by atoms with van der Waals surface area (Å²) in [6, 6.07) is 5.51. The van der Waals surface area contributed by atoms with Crippen LogP contribution in [0.2, 0.25) is 0 Å². The molecule has 0 unspecified atom stereocenters. The van der Waals surface area contributed by atoms with Crippen molar-refractivity contribution >= 4 is 11.6 Å². The van der Waals surface area contributed by atoms with Gasteiger partial charge in [0.2, 0.25) is 5.91 Å². The van der Waals surface area contributed by atoms with Gasteiger partial charge in [0, 0.05) is 19.5 Å². The Kier molecular flexibility index (Phi) is 2.99. The maximum atomic E-state index is 11.5. The Morgan fingerprint density at radius 2 is 2.31 bits per heavy atom. The van der Waals surface area contributed by atoms with E-state index in [1.54, 1.807) is 18.9 Å². The van der Waals surface area contributed by atoms with Crippen molar-refractivity contribution in [1.29, 1.82) is 0 Å². The number of rotatable bonds is 1. The lowest BCUT2D eigenvalue weighted by Crippen LogP contribution is -2.28. The summed E-state index contributed by atoms with van der Waals surface area (Å²) in [7, 11) is 1.61. The Labute approximate surface area is 94.8 Å². The van der Waals surface area contributed by atoms with E-state index in [0.29, 0.717) is 18.9 Å². The molecule has 0 atom stereocenters. The van der Waals surface area contributed by atoms with E-state index in [9.17, 15) is 4.79 Å². The van der Waals surface area contributed by atoms with Crippen molar-refractivity contribution in [2.45, 2.75) is 13.3 Å². The van der Waals surface area contributed by atoms with E-state index in [-0.39, 0.29) is 5.91 Å². The van der Waals surface area contributed by atoms with Gasteiger partial charge in [-0.2, -0.15) is 0 Å². The topological polar surface area (TPSA) is 38.8 Å². The van der Waals surface area contributed by atoms with Crippen LogP contribution in [0.3, 0.4) is 0 Å². The molecular formula is C12H15NO3. The summed E-state index contributed by atoms with van der Waals surface area (Å²) >= 11 is 0. The molecule has 1 aliphatic rings. The summed E-state index contributed by atoms with van der Waals surface area (Å²) in [5.74, 6) is 1.49. The lowest BCUT2D eigenvalue weighted by atomic mass is 10.2. The van der Waals surface area contributed by atoms with Crippen molar-refractivity contribution in [2.24, 2.45) is 0 Å². The molecule has 0 aliphatic carbocycles. The molecule has 0 radical (unpaired) electrons. The highest BCUT2D eigenvalue weighted by Crippen LogP contribution is 2.34. The lowest BCUT2D eigenvalue weighted by molar-refractivity contribution is -0.116. The first kappa shape index (κ1) is 10.8. The lowest BCUT2D eigenvalue weighted by Gasteiger charge is -2.20. The minimum atomic E-state index is 0.0388. The van der Waals surface area contributed by atoms with E-state index < -0.39 is 0 Å². The van der Waals surface area contributed by atoms with Crippen LogP contribution in [-0.2, 0) is 4.79 Å². The molecule has 0 saturated heterocycles. The zero-order chi connectivity index (χ0) is 11.5. The number of anilines is 1. The molecule has 2 rings (SSSR count). The number of nitrogens with zero attached hydrogens (tertiary/aromatic N) is 1. The molecule has 1 heterocycles. The normalized spacial score (nSPS) is 14.8. The second kappa shape index (κ2) is 4.43. The van der Waals surface area contributed by atoms with E-state index in [1.807, 2.05) is 18.2 Å². The number of amides is 1. The Morgan fingerprint density at radius 3 is 3.00 bits per heavy atom. The van der Waals surface area contributed by atoms with Crippen LogP contribution in [0.1, 0.15) is 13.3 Å². The molecule has 0 N–H and O–H groups in total. The SMILES string of the molecule is COc1ccc2c(c1)OCCCN2C(C)=O. The predicted molar refractivity (Wildman–Crippen MR) is 61.1 cm³/mol. The van der Waals surface area contributed by atoms with Crippen molar-refractivity contribution < 1.29 is 14.3 Å². The second-order valence-electron chi connectivity index (χ2n) is 3.71. The zero-order valence-corrected chi connectivity index (χ0v) is 9.53. The maximum Gasteiger partial charge on any atom is 0.223 e. The van der Waals surface area contributed by atoms with E-state index in [4.69, 9.17) is 9.47 Å². The smallest absolute Gasteiger partial charge is 0.223 e. The van der Waals surface area contributed by atoms with Gasteiger partial charge in [0.1, 0.15) is 11.5 Å². The number of carbonyl (C=O) groups is 1. The number of ether oxygens (including phenoxy) is 2. The molecule has 86 valence electrons. The first-order valence-electron chi connectivity index (χ1n) is 5.31. The predicted octanol–water partition coefficient (Wildman–Crippen LogP) is 1.83. The van der Waals surface area contributed by atoms with Crippen LogP contribution in [0.15, 0.2) is 18.2 Å². The van der Waals surface area contributed by atoms with Gasteiger partial charge in [-0.05, 0) is 18.6 Å². The van der Waals surface area contributed by atoms with Gasteiger partial charge in [0.15, 0.2) is 0 Å². The Balaban J connectivity index is 2.42. The van der Waals surface area contributed by atoms with Crippen LogP contribution in [0, 0.1) is 0 Å². The van der Waals surface area contributed by atoms with Gasteiger partial charge < -0.3 is 14.4 Å². The molecular weight excluding hydrogens is 206 g/mol. The molecule has 4 nitrogen and oxygen atoms in total. The minimum Gasteiger partial charge on any atom is -0.497 e. The third kappa shape index (κ3) is 1.96. The molecule has 0 fully saturated rings. The average Bonchev–Trinajstić information content (AvgIpc) is 2.49. The third-order valence-corrected chi connectivity index (χ3v) is 2.62. The number of hydrogen-bond acceptors (Lipinski definition) is 3. The summed E-state index contributed by atoms with van der Waals surface area (Å²) in [5, 5.41) is 0. The van der Waals surface area contributed by atoms with Crippen LogP contribution in [0.5, 0.6) is 11.5 Å². The van der Waals surface area contributed by atoms with Gasteiger partial charge in [0.05, 0.1) is 19.4 Å². The highest BCUT2D eigenvalue weighted by Gasteiger charge is 2.19. The van der Waals surface area contributed by atoms with Crippen LogP contribution in [0.25, 0.3) is 0 Å². The molecule has 1 aromatic rings. The fourth-order valence-corrected chi connectivity index (χ4v) is 1.81. The summed E-state index contributed by atoms with van der Waals surface area (Å²) in [5.41, 5.74) is 0.825. The average molecular weight is 221 g/mol.